The molecular weight excluding hydrogens is 192 g/mol. The summed E-state index contributed by atoms with van der Waals surface area (Å²) in [5.74, 6) is 0.286. The number of carbonyl (C=O) groups excluding carboxylic acids is 2. The molecule has 1 aliphatic carbocycles. The molecule has 2 amide bonds. The molecule has 4 heteroatoms. The number of hydrogen-bond donors (Lipinski definition) is 1. The zero-order chi connectivity index (χ0) is 10.8. The lowest BCUT2D eigenvalue weighted by Gasteiger charge is -2.34. The van der Waals surface area contributed by atoms with Gasteiger partial charge in [0.1, 0.15) is 5.78 Å². The van der Waals surface area contributed by atoms with E-state index in [2.05, 4.69) is 5.32 Å². The van der Waals surface area contributed by atoms with Crippen LogP contribution in [0.15, 0.2) is 0 Å². The molecule has 84 valence electrons. The molecule has 1 saturated heterocycles. The Kier molecular flexibility index (Phi) is 2.93. The summed E-state index contributed by atoms with van der Waals surface area (Å²) < 4.78 is 0. The summed E-state index contributed by atoms with van der Waals surface area (Å²) in [5, 5.41) is 3.00. The molecule has 2 rings (SSSR count). The minimum Gasteiger partial charge on any atom is -0.335 e. The van der Waals surface area contributed by atoms with Crippen molar-refractivity contribution in [2.45, 2.75) is 38.6 Å². The highest BCUT2D eigenvalue weighted by molar-refractivity contribution is 5.84. The summed E-state index contributed by atoms with van der Waals surface area (Å²) in [6.07, 6.45) is 3.95. The van der Waals surface area contributed by atoms with E-state index in [1.165, 1.54) is 6.42 Å². The largest absolute Gasteiger partial charge is 0.335 e. The summed E-state index contributed by atoms with van der Waals surface area (Å²) in [4.78, 5) is 24.8. The predicted molar refractivity (Wildman–Crippen MR) is 56.5 cm³/mol. The molecule has 0 aromatic carbocycles. The fourth-order valence-electron chi connectivity index (χ4n) is 2.02. The molecule has 2 aliphatic rings. The van der Waals surface area contributed by atoms with Gasteiger partial charge < -0.3 is 10.2 Å². The summed E-state index contributed by atoms with van der Waals surface area (Å²) in [6.45, 7) is 3.06. The molecule has 1 aliphatic heterocycles. The van der Waals surface area contributed by atoms with Gasteiger partial charge in [0.15, 0.2) is 0 Å². The van der Waals surface area contributed by atoms with E-state index < -0.39 is 0 Å². The number of rotatable bonds is 1. The highest BCUT2D eigenvalue weighted by Gasteiger charge is 2.28. The molecule has 1 saturated carbocycles. The molecular formula is C11H18N2O2. The number of ketones is 1. The van der Waals surface area contributed by atoms with Crippen LogP contribution in [0.1, 0.15) is 32.6 Å². The molecule has 0 aromatic rings. The van der Waals surface area contributed by atoms with Crippen molar-refractivity contribution in [2.24, 2.45) is 5.92 Å². The first-order chi connectivity index (χ1) is 7.16. The second kappa shape index (κ2) is 4.21. The van der Waals surface area contributed by atoms with E-state index in [-0.39, 0.29) is 17.7 Å². The Morgan fingerprint density at radius 2 is 2.20 bits per heavy atom. The van der Waals surface area contributed by atoms with Crippen LogP contribution in [0.2, 0.25) is 0 Å². The third kappa shape index (κ3) is 2.30. The Morgan fingerprint density at radius 3 is 2.73 bits per heavy atom. The number of hydrogen-bond acceptors (Lipinski definition) is 2. The van der Waals surface area contributed by atoms with Gasteiger partial charge in [0, 0.05) is 31.5 Å². The van der Waals surface area contributed by atoms with Crippen molar-refractivity contribution in [3.8, 4) is 0 Å². The second-order valence-electron chi connectivity index (χ2n) is 4.64. The van der Waals surface area contributed by atoms with Gasteiger partial charge in [-0.3, -0.25) is 4.79 Å². The Morgan fingerprint density at radius 1 is 1.47 bits per heavy atom. The smallest absolute Gasteiger partial charge is 0.317 e. The number of piperidine rings is 1. The first-order valence-corrected chi connectivity index (χ1v) is 5.75. The van der Waals surface area contributed by atoms with Gasteiger partial charge in [0.05, 0.1) is 0 Å². The average molecular weight is 210 g/mol. The number of amides is 2. The quantitative estimate of drug-likeness (QED) is 0.706. The third-order valence-corrected chi connectivity index (χ3v) is 3.39. The zero-order valence-electron chi connectivity index (χ0n) is 9.16. The van der Waals surface area contributed by atoms with Crippen LogP contribution in [-0.2, 0) is 4.79 Å². The van der Waals surface area contributed by atoms with E-state index in [1.54, 1.807) is 4.90 Å². The van der Waals surface area contributed by atoms with Crippen molar-refractivity contribution in [1.82, 2.24) is 10.2 Å². The Balaban J connectivity index is 1.82. The average Bonchev–Trinajstić information content (AvgIpc) is 2.15. The second-order valence-corrected chi connectivity index (χ2v) is 4.64. The molecule has 1 unspecified atom stereocenters. The fourth-order valence-corrected chi connectivity index (χ4v) is 2.02. The van der Waals surface area contributed by atoms with Gasteiger partial charge in [-0.05, 0) is 19.3 Å². The monoisotopic (exact) mass is 210 g/mol. The molecule has 15 heavy (non-hydrogen) atoms. The molecule has 1 heterocycles. The highest BCUT2D eigenvalue weighted by Crippen LogP contribution is 2.19. The highest BCUT2D eigenvalue weighted by atomic mass is 16.2. The molecule has 0 spiro atoms. The molecule has 2 fully saturated rings. The van der Waals surface area contributed by atoms with Crippen LogP contribution < -0.4 is 5.32 Å². The van der Waals surface area contributed by atoms with E-state index in [1.807, 2.05) is 6.92 Å². The number of Topliss-reactive ketones (excluding diaryl/α,β-unsaturated/α-hetero) is 1. The van der Waals surface area contributed by atoms with Crippen LogP contribution >= 0.6 is 0 Å². The minimum atomic E-state index is 0.00545. The van der Waals surface area contributed by atoms with Gasteiger partial charge in [-0.25, -0.2) is 4.79 Å². The van der Waals surface area contributed by atoms with Gasteiger partial charge >= 0.3 is 6.03 Å². The van der Waals surface area contributed by atoms with Crippen molar-refractivity contribution in [1.29, 1.82) is 0 Å². The number of likely N-dealkylation sites (tertiary alicyclic amines) is 1. The summed E-state index contributed by atoms with van der Waals surface area (Å²) in [5.41, 5.74) is 0. The van der Waals surface area contributed by atoms with E-state index >= 15 is 0 Å². The Labute approximate surface area is 90.0 Å². The van der Waals surface area contributed by atoms with Crippen molar-refractivity contribution in [3.63, 3.8) is 0 Å². The first-order valence-electron chi connectivity index (χ1n) is 5.75. The van der Waals surface area contributed by atoms with Crippen LogP contribution in [0.4, 0.5) is 4.79 Å². The molecule has 0 bridgehead atoms. The lowest BCUT2D eigenvalue weighted by molar-refractivity contribution is -0.124. The van der Waals surface area contributed by atoms with Gasteiger partial charge in [0.25, 0.3) is 0 Å². The third-order valence-electron chi connectivity index (χ3n) is 3.39. The van der Waals surface area contributed by atoms with E-state index in [0.29, 0.717) is 25.6 Å². The van der Waals surface area contributed by atoms with Crippen LogP contribution in [0.3, 0.4) is 0 Å². The molecule has 1 atom stereocenters. The Hall–Kier alpha value is -1.06. The van der Waals surface area contributed by atoms with Crippen LogP contribution in [0.25, 0.3) is 0 Å². The maximum Gasteiger partial charge on any atom is 0.317 e. The van der Waals surface area contributed by atoms with E-state index in [0.717, 1.165) is 12.8 Å². The maximum absolute atomic E-state index is 11.8. The SMILES string of the molecule is CC1CN(C(=O)NC2CCC2)CCC1=O. The van der Waals surface area contributed by atoms with Gasteiger partial charge in [-0.2, -0.15) is 0 Å². The molecule has 0 radical (unpaired) electrons. The molecule has 4 nitrogen and oxygen atoms in total. The van der Waals surface area contributed by atoms with Crippen molar-refractivity contribution in [2.75, 3.05) is 13.1 Å². The van der Waals surface area contributed by atoms with Crippen LogP contribution in [0, 0.1) is 5.92 Å². The number of urea groups is 1. The molecule has 0 aromatic heterocycles. The summed E-state index contributed by atoms with van der Waals surface area (Å²) >= 11 is 0. The predicted octanol–water partition coefficient (Wildman–Crippen LogP) is 1.16. The summed E-state index contributed by atoms with van der Waals surface area (Å²) in [7, 11) is 0. The van der Waals surface area contributed by atoms with Gasteiger partial charge in [-0.15, -0.1) is 0 Å². The van der Waals surface area contributed by atoms with E-state index in [9.17, 15) is 9.59 Å². The van der Waals surface area contributed by atoms with Crippen molar-refractivity contribution in [3.05, 3.63) is 0 Å². The van der Waals surface area contributed by atoms with Gasteiger partial charge in [0.2, 0.25) is 0 Å². The molecule has 1 N–H and O–H groups in total. The van der Waals surface area contributed by atoms with Crippen LogP contribution in [-0.4, -0.2) is 35.8 Å². The zero-order valence-corrected chi connectivity index (χ0v) is 9.16. The number of nitrogens with one attached hydrogen (secondary N) is 1. The number of nitrogens with zero attached hydrogens (tertiary/aromatic N) is 1. The fraction of sp³-hybridized carbons (Fsp3) is 0.818. The first kappa shape index (κ1) is 10.5. The van der Waals surface area contributed by atoms with Gasteiger partial charge in [-0.1, -0.05) is 6.92 Å². The normalized spacial score (nSPS) is 27.4. The Bertz CT molecular complexity index is 274. The lowest BCUT2D eigenvalue weighted by atomic mass is 9.93. The summed E-state index contributed by atoms with van der Waals surface area (Å²) in [6, 6.07) is 0.393. The van der Waals surface area contributed by atoms with Crippen LogP contribution in [0.5, 0.6) is 0 Å². The topological polar surface area (TPSA) is 49.4 Å². The lowest BCUT2D eigenvalue weighted by Crippen LogP contribution is -2.51. The van der Waals surface area contributed by atoms with Crippen molar-refractivity contribution >= 4 is 11.8 Å². The van der Waals surface area contributed by atoms with E-state index in [4.69, 9.17) is 0 Å². The minimum absolute atomic E-state index is 0.00545. The standard InChI is InChI=1S/C11H18N2O2/c1-8-7-13(6-5-10(8)14)11(15)12-9-3-2-4-9/h8-9H,2-7H2,1H3,(H,12,15). The van der Waals surface area contributed by atoms with Crippen molar-refractivity contribution < 1.29 is 9.59 Å². The number of carbonyl (C=O) groups is 2. The maximum atomic E-state index is 11.8.